The Labute approximate surface area is 183 Å². The van der Waals surface area contributed by atoms with Crippen molar-refractivity contribution < 1.29 is 14.4 Å². The molecule has 5 rings (SSSR count). The fourth-order valence-electron chi connectivity index (χ4n) is 5.71. The first-order valence-electron chi connectivity index (χ1n) is 11.5. The maximum absolute atomic E-state index is 14.0. The second-order valence-electron chi connectivity index (χ2n) is 9.02. The average molecular weight is 417 g/mol. The van der Waals surface area contributed by atoms with Crippen molar-refractivity contribution in [1.82, 2.24) is 9.80 Å². The maximum Gasteiger partial charge on any atom is 0.262 e. The van der Waals surface area contributed by atoms with Gasteiger partial charge in [0.05, 0.1) is 11.1 Å². The van der Waals surface area contributed by atoms with Crippen molar-refractivity contribution in [3.05, 3.63) is 71.3 Å². The molecule has 0 spiro atoms. The lowest BCUT2D eigenvalue weighted by atomic mass is 9.78. The Morgan fingerprint density at radius 1 is 0.839 bits per heavy atom. The summed E-state index contributed by atoms with van der Waals surface area (Å²) in [5.74, 6) is -0.236. The van der Waals surface area contributed by atoms with Crippen molar-refractivity contribution >= 4 is 17.7 Å². The monoisotopic (exact) mass is 416 g/mol. The minimum absolute atomic E-state index is 0.0741. The van der Waals surface area contributed by atoms with Gasteiger partial charge in [-0.15, -0.1) is 0 Å². The van der Waals surface area contributed by atoms with Gasteiger partial charge in [-0.3, -0.25) is 19.3 Å². The van der Waals surface area contributed by atoms with Crippen LogP contribution in [0.15, 0.2) is 54.6 Å². The summed E-state index contributed by atoms with van der Waals surface area (Å²) in [4.78, 5) is 43.7. The Morgan fingerprint density at radius 2 is 1.45 bits per heavy atom. The lowest BCUT2D eigenvalue weighted by molar-refractivity contribution is -0.141. The van der Waals surface area contributed by atoms with Crippen molar-refractivity contribution in [2.75, 3.05) is 6.54 Å². The number of likely N-dealkylation sites (tertiary alicyclic amines) is 1. The van der Waals surface area contributed by atoms with E-state index in [4.69, 9.17) is 0 Å². The molecule has 160 valence electrons. The van der Waals surface area contributed by atoms with Crippen LogP contribution in [0, 0.1) is 5.92 Å². The molecular weight excluding hydrogens is 388 g/mol. The van der Waals surface area contributed by atoms with Crippen LogP contribution in [0.3, 0.4) is 0 Å². The van der Waals surface area contributed by atoms with Gasteiger partial charge in [0.1, 0.15) is 6.04 Å². The van der Waals surface area contributed by atoms with E-state index in [1.165, 1.54) is 24.2 Å². The zero-order valence-corrected chi connectivity index (χ0v) is 17.7. The van der Waals surface area contributed by atoms with Crippen molar-refractivity contribution in [3.8, 4) is 0 Å². The SMILES string of the molecule is O=C([C@@H](Cc1ccccc1)N1C(=O)c2ccccc2C1=O)N1CCC[C@@H]2CCCC[C@@H]21. The van der Waals surface area contributed by atoms with E-state index in [0.29, 0.717) is 30.0 Å². The zero-order chi connectivity index (χ0) is 21.4. The number of piperidine rings is 1. The number of benzene rings is 2. The van der Waals surface area contributed by atoms with Crippen LogP contribution in [0.25, 0.3) is 0 Å². The lowest BCUT2D eigenvalue weighted by Crippen LogP contribution is -2.58. The summed E-state index contributed by atoms with van der Waals surface area (Å²) in [7, 11) is 0. The topological polar surface area (TPSA) is 57.7 Å². The normalized spacial score (nSPS) is 24.0. The lowest BCUT2D eigenvalue weighted by Gasteiger charge is -2.45. The predicted octanol–water partition coefficient (Wildman–Crippen LogP) is 4.08. The first-order chi connectivity index (χ1) is 15.1. The molecule has 0 radical (unpaired) electrons. The largest absolute Gasteiger partial charge is 0.338 e. The van der Waals surface area contributed by atoms with Gasteiger partial charge in [0.2, 0.25) is 5.91 Å². The molecule has 0 aromatic heterocycles. The number of hydrogen-bond acceptors (Lipinski definition) is 3. The van der Waals surface area contributed by atoms with Crippen LogP contribution >= 0.6 is 0 Å². The molecule has 3 amide bonds. The van der Waals surface area contributed by atoms with Gasteiger partial charge in [0.15, 0.2) is 0 Å². The van der Waals surface area contributed by atoms with Gasteiger partial charge in [-0.2, -0.15) is 0 Å². The number of amides is 3. The van der Waals surface area contributed by atoms with Crippen molar-refractivity contribution in [3.63, 3.8) is 0 Å². The molecule has 0 unspecified atom stereocenters. The maximum atomic E-state index is 14.0. The smallest absolute Gasteiger partial charge is 0.262 e. The first-order valence-corrected chi connectivity index (χ1v) is 11.5. The van der Waals surface area contributed by atoms with E-state index in [9.17, 15) is 14.4 Å². The molecule has 1 saturated carbocycles. The highest BCUT2D eigenvalue weighted by Gasteiger charge is 2.46. The Balaban J connectivity index is 1.50. The molecule has 5 heteroatoms. The fraction of sp³-hybridized carbons (Fsp3) is 0.423. The number of hydrogen-bond donors (Lipinski definition) is 0. The van der Waals surface area contributed by atoms with Crippen LogP contribution in [-0.4, -0.2) is 46.1 Å². The summed E-state index contributed by atoms with van der Waals surface area (Å²) in [6, 6.07) is 16.0. The molecule has 2 aromatic rings. The number of nitrogens with zero attached hydrogens (tertiary/aromatic N) is 2. The van der Waals surface area contributed by atoms with Crippen LogP contribution < -0.4 is 0 Å². The molecular formula is C26H28N2O3. The number of fused-ring (bicyclic) bond motifs is 2. The molecule has 0 bridgehead atoms. The van der Waals surface area contributed by atoms with E-state index >= 15 is 0 Å². The van der Waals surface area contributed by atoms with E-state index in [-0.39, 0.29) is 23.8 Å². The van der Waals surface area contributed by atoms with Crippen molar-refractivity contribution in [1.29, 1.82) is 0 Å². The molecule has 5 nitrogen and oxygen atoms in total. The van der Waals surface area contributed by atoms with Crippen molar-refractivity contribution in [2.45, 2.75) is 57.0 Å². The summed E-state index contributed by atoms with van der Waals surface area (Å²) in [6.07, 6.45) is 7.08. The minimum Gasteiger partial charge on any atom is -0.338 e. The predicted molar refractivity (Wildman–Crippen MR) is 118 cm³/mol. The van der Waals surface area contributed by atoms with E-state index in [2.05, 4.69) is 0 Å². The summed E-state index contributed by atoms with van der Waals surface area (Å²) >= 11 is 0. The zero-order valence-electron chi connectivity index (χ0n) is 17.7. The van der Waals surface area contributed by atoms with Crippen molar-refractivity contribution in [2.24, 2.45) is 5.92 Å². The van der Waals surface area contributed by atoms with Crippen LogP contribution in [0.5, 0.6) is 0 Å². The molecule has 2 aliphatic heterocycles. The standard InChI is InChI=1S/C26H28N2O3/c29-24-20-13-5-6-14-21(20)25(30)28(24)23(17-18-9-2-1-3-10-18)26(31)27-16-8-12-19-11-4-7-15-22(19)27/h1-3,5-6,9-10,13-14,19,22-23H,4,7-8,11-12,15-17H2/t19-,22-,23+/m0/s1. The summed E-state index contributed by atoms with van der Waals surface area (Å²) < 4.78 is 0. The Morgan fingerprint density at radius 3 is 2.16 bits per heavy atom. The molecule has 2 fully saturated rings. The number of carbonyl (C=O) groups is 3. The van der Waals surface area contributed by atoms with Crippen LogP contribution in [-0.2, 0) is 11.2 Å². The van der Waals surface area contributed by atoms with Gasteiger partial charge in [-0.25, -0.2) is 0 Å². The van der Waals surface area contributed by atoms with Gasteiger partial charge in [-0.05, 0) is 49.3 Å². The number of carbonyl (C=O) groups excluding carboxylic acids is 3. The molecule has 3 aliphatic rings. The Bertz CT molecular complexity index is 966. The molecule has 3 atom stereocenters. The fourth-order valence-corrected chi connectivity index (χ4v) is 5.71. The quantitative estimate of drug-likeness (QED) is 0.706. The molecule has 2 heterocycles. The Kier molecular flexibility index (Phi) is 5.34. The van der Waals surface area contributed by atoms with Crippen LogP contribution in [0.2, 0.25) is 0 Å². The number of imide groups is 1. The average Bonchev–Trinajstić information content (AvgIpc) is 3.07. The van der Waals surface area contributed by atoms with Gasteiger partial charge >= 0.3 is 0 Å². The van der Waals surface area contributed by atoms with E-state index in [1.807, 2.05) is 35.2 Å². The van der Waals surface area contributed by atoms with Crippen LogP contribution in [0.4, 0.5) is 0 Å². The molecule has 1 aliphatic carbocycles. The molecule has 1 saturated heterocycles. The van der Waals surface area contributed by atoms with Gasteiger partial charge in [-0.1, -0.05) is 55.3 Å². The third-order valence-electron chi connectivity index (χ3n) is 7.22. The number of rotatable bonds is 4. The molecule has 0 N–H and O–H groups in total. The molecule has 2 aromatic carbocycles. The first kappa shape index (κ1) is 20.0. The van der Waals surface area contributed by atoms with Gasteiger partial charge in [0.25, 0.3) is 11.8 Å². The molecule has 31 heavy (non-hydrogen) atoms. The highest BCUT2D eigenvalue weighted by atomic mass is 16.2. The van der Waals surface area contributed by atoms with Crippen LogP contribution in [0.1, 0.15) is 64.8 Å². The second-order valence-corrected chi connectivity index (χ2v) is 9.02. The highest BCUT2D eigenvalue weighted by Crippen LogP contribution is 2.36. The summed E-state index contributed by atoms with van der Waals surface area (Å²) in [5.41, 5.74) is 1.75. The minimum atomic E-state index is -0.810. The van der Waals surface area contributed by atoms with E-state index < -0.39 is 6.04 Å². The summed E-state index contributed by atoms with van der Waals surface area (Å²) in [5, 5.41) is 0. The van der Waals surface area contributed by atoms with E-state index in [0.717, 1.165) is 24.8 Å². The van der Waals surface area contributed by atoms with Gasteiger partial charge < -0.3 is 4.90 Å². The van der Waals surface area contributed by atoms with E-state index in [1.54, 1.807) is 24.3 Å². The highest BCUT2D eigenvalue weighted by molar-refractivity contribution is 6.22. The second kappa shape index (κ2) is 8.29. The Hall–Kier alpha value is -2.95. The third-order valence-corrected chi connectivity index (χ3v) is 7.22. The summed E-state index contributed by atoms with van der Waals surface area (Å²) in [6.45, 7) is 0.717. The van der Waals surface area contributed by atoms with Gasteiger partial charge in [0, 0.05) is 19.0 Å². The third kappa shape index (κ3) is 3.56.